The fourth-order valence-corrected chi connectivity index (χ4v) is 4.56. The fourth-order valence-electron chi connectivity index (χ4n) is 4.15. The zero-order chi connectivity index (χ0) is 22.7. The molecule has 2 heterocycles. The van der Waals surface area contributed by atoms with Crippen LogP contribution in [0.4, 0.5) is 0 Å². The highest BCUT2D eigenvalue weighted by molar-refractivity contribution is 7.98. The molecule has 31 heavy (non-hydrogen) atoms. The second-order valence-electron chi connectivity index (χ2n) is 8.88. The fraction of sp³-hybridized carbons (Fsp3) is 0.625. The summed E-state index contributed by atoms with van der Waals surface area (Å²) in [6, 6.07) is 7.46. The first-order chi connectivity index (χ1) is 14.7. The average molecular weight is 451 g/mol. The zero-order valence-corrected chi connectivity index (χ0v) is 19.4. The quantitative estimate of drug-likeness (QED) is 0.230. The lowest BCUT2D eigenvalue weighted by molar-refractivity contribution is -0.165. The van der Waals surface area contributed by atoms with Crippen molar-refractivity contribution in [2.75, 3.05) is 12.9 Å². The van der Waals surface area contributed by atoms with Gasteiger partial charge in [0.1, 0.15) is 6.10 Å². The van der Waals surface area contributed by atoms with Gasteiger partial charge >= 0.3 is 0 Å². The first-order valence-corrected chi connectivity index (χ1v) is 12.1. The number of carbonyl (C=O) groups is 1. The molecule has 0 aliphatic carbocycles. The molecular weight excluding hydrogens is 416 g/mol. The standard InChI is InChI=1S/C24H34O6S/c1-13(9-19(26)16-5-7-18(31-4)8-6-16)10-20-23(28)22(27)17(12-29-20)11-21-24(30-21)14(2)15(3)25/h5-9,14-15,17,20-25,27-28H,10-12H2,1-4H3/b13-9+/t14-,15-,17-,20-,21-,22+,23-,24-/m0/s1. The highest BCUT2D eigenvalue weighted by atomic mass is 32.2. The van der Waals surface area contributed by atoms with E-state index in [1.54, 1.807) is 24.8 Å². The average Bonchev–Trinajstić information content (AvgIpc) is 3.51. The van der Waals surface area contributed by atoms with E-state index in [2.05, 4.69) is 0 Å². The first-order valence-electron chi connectivity index (χ1n) is 10.9. The number of epoxide rings is 1. The first kappa shape index (κ1) is 24.4. The van der Waals surface area contributed by atoms with Crippen LogP contribution in [-0.2, 0) is 9.47 Å². The molecule has 3 N–H and O–H groups in total. The van der Waals surface area contributed by atoms with E-state index in [1.807, 2.05) is 44.4 Å². The minimum absolute atomic E-state index is 0.0109. The van der Waals surface area contributed by atoms with E-state index in [0.717, 1.165) is 10.5 Å². The van der Waals surface area contributed by atoms with E-state index in [9.17, 15) is 20.1 Å². The second kappa shape index (κ2) is 10.6. The summed E-state index contributed by atoms with van der Waals surface area (Å²) in [5.74, 6) is -0.270. The van der Waals surface area contributed by atoms with E-state index in [-0.39, 0.29) is 29.8 Å². The molecule has 0 spiro atoms. The smallest absolute Gasteiger partial charge is 0.185 e. The van der Waals surface area contributed by atoms with Crippen molar-refractivity contribution in [3.63, 3.8) is 0 Å². The Kier molecular flexibility index (Phi) is 8.35. The third-order valence-electron chi connectivity index (χ3n) is 6.45. The van der Waals surface area contributed by atoms with E-state index < -0.39 is 24.4 Å². The summed E-state index contributed by atoms with van der Waals surface area (Å²) in [5.41, 5.74) is 1.41. The van der Waals surface area contributed by atoms with Gasteiger partial charge in [0.05, 0.1) is 37.1 Å². The molecule has 8 atom stereocenters. The van der Waals surface area contributed by atoms with Crippen LogP contribution in [0, 0.1) is 11.8 Å². The van der Waals surface area contributed by atoms with Crippen LogP contribution in [0.15, 0.2) is 40.8 Å². The molecule has 1 aromatic rings. The Labute approximate surface area is 188 Å². The third kappa shape index (κ3) is 6.18. The molecule has 2 aliphatic rings. The molecule has 1 aromatic carbocycles. The number of thioether (sulfide) groups is 1. The highest BCUT2D eigenvalue weighted by Gasteiger charge is 2.48. The number of ketones is 1. The summed E-state index contributed by atoms with van der Waals surface area (Å²) >= 11 is 1.62. The SMILES string of the molecule is CSc1ccc(C(=O)/C=C(\C)C[C@@H]2OC[C@H](C[C@@H]3O[C@H]3[C@@H](C)[C@H](C)O)[C@@H](O)[C@H]2O)cc1. The van der Waals surface area contributed by atoms with Gasteiger partial charge in [-0.15, -0.1) is 11.8 Å². The third-order valence-corrected chi connectivity index (χ3v) is 7.19. The van der Waals surface area contributed by atoms with Crippen molar-refractivity contribution in [1.82, 2.24) is 0 Å². The predicted octanol–water partition coefficient (Wildman–Crippen LogP) is 2.84. The van der Waals surface area contributed by atoms with Crippen LogP contribution in [0.2, 0.25) is 0 Å². The Morgan fingerprint density at radius 2 is 1.87 bits per heavy atom. The Hall–Kier alpha value is -1.22. The van der Waals surface area contributed by atoms with Crippen molar-refractivity contribution < 1.29 is 29.6 Å². The lowest BCUT2D eigenvalue weighted by Gasteiger charge is -2.38. The van der Waals surface area contributed by atoms with Gasteiger partial charge < -0.3 is 24.8 Å². The Bertz CT molecular complexity index is 777. The second-order valence-corrected chi connectivity index (χ2v) is 9.75. The van der Waals surface area contributed by atoms with Crippen LogP contribution in [0.1, 0.15) is 44.0 Å². The lowest BCUT2D eigenvalue weighted by atomic mass is 9.85. The Balaban J connectivity index is 1.51. The molecule has 2 fully saturated rings. The molecule has 172 valence electrons. The largest absolute Gasteiger partial charge is 0.393 e. The van der Waals surface area contributed by atoms with Gasteiger partial charge in [-0.05, 0) is 63.3 Å². The number of rotatable bonds is 9. The molecule has 2 saturated heterocycles. The number of ether oxygens (including phenoxy) is 2. The van der Waals surface area contributed by atoms with Crippen molar-refractivity contribution in [2.45, 2.75) is 75.1 Å². The van der Waals surface area contributed by atoms with Gasteiger partial charge in [0.2, 0.25) is 0 Å². The van der Waals surface area contributed by atoms with Gasteiger partial charge in [0.15, 0.2) is 5.78 Å². The van der Waals surface area contributed by atoms with Crippen molar-refractivity contribution >= 4 is 17.5 Å². The summed E-state index contributed by atoms with van der Waals surface area (Å²) in [7, 11) is 0. The van der Waals surface area contributed by atoms with E-state index in [0.29, 0.717) is 25.0 Å². The van der Waals surface area contributed by atoms with Crippen LogP contribution < -0.4 is 0 Å². The maximum atomic E-state index is 12.5. The molecule has 3 rings (SSSR count). The van der Waals surface area contributed by atoms with Crippen molar-refractivity contribution in [3.8, 4) is 0 Å². The molecule has 0 aromatic heterocycles. The number of carbonyl (C=O) groups excluding carboxylic acids is 1. The zero-order valence-electron chi connectivity index (χ0n) is 18.6. The number of hydrogen-bond acceptors (Lipinski definition) is 7. The van der Waals surface area contributed by atoms with E-state index in [1.165, 1.54) is 0 Å². The number of benzene rings is 1. The van der Waals surface area contributed by atoms with E-state index in [4.69, 9.17) is 9.47 Å². The monoisotopic (exact) mass is 450 g/mol. The molecule has 6 nitrogen and oxygen atoms in total. The molecule has 0 bridgehead atoms. The van der Waals surface area contributed by atoms with Gasteiger partial charge in [0.25, 0.3) is 0 Å². The molecule has 0 unspecified atom stereocenters. The van der Waals surface area contributed by atoms with Crippen molar-refractivity contribution in [3.05, 3.63) is 41.5 Å². The maximum Gasteiger partial charge on any atom is 0.185 e. The topological polar surface area (TPSA) is 99.5 Å². The van der Waals surface area contributed by atoms with Gasteiger partial charge in [-0.3, -0.25) is 4.79 Å². The molecule has 0 saturated carbocycles. The van der Waals surface area contributed by atoms with Crippen LogP contribution in [0.3, 0.4) is 0 Å². The number of hydrogen-bond donors (Lipinski definition) is 3. The normalized spacial score (nSPS) is 33.1. The molecule has 7 heteroatoms. The van der Waals surface area contributed by atoms with Gasteiger partial charge in [-0.25, -0.2) is 0 Å². The van der Waals surface area contributed by atoms with Crippen LogP contribution >= 0.6 is 11.8 Å². The van der Waals surface area contributed by atoms with Crippen molar-refractivity contribution in [1.29, 1.82) is 0 Å². The van der Waals surface area contributed by atoms with Crippen LogP contribution in [0.25, 0.3) is 0 Å². The number of allylic oxidation sites excluding steroid dienone is 1. The Morgan fingerprint density at radius 3 is 2.48 bits per heavy atom. The Morgan fingerprint density at radius 1 is 1.19 bits per heavy atom. The summed E-state index contributed by atoms with van der Waals surface area (Å²) in [5, 5.41) is 30.9. The highest BCUT2D eigenvalue weighted by Crippen LogP contribution is 2.38. The minimum Gasteiger partial charge on any atom is -0.393 e. The van der Waals surface area contributed by atoms with Crippen LogP contribution in [-0.4, -0.2) is 70.6 Å². The van der Waals surface area contributed by atoms with E-state index >= 15 is 0 Å². The maximum absolute atomic E-state index is 12.5. The number of aliphatic hydroxyl groups is 3. The summed E-state index contributed by atoms with van der Waals surface area (Å²) in [6.07, 6.45) is 1.56. The predicted molar refractivity (Wildman–Crippen MR) is 120 cm³/mol. The van der Waals surface area contributed by atoms with Gasteiger partial charge in [-0.2, -0.15) is 0 Å². The van der Waals surface area contributed by atoms with Gasteiger partial charge in [0, 0.05) is 22.3 Å². The molecule has 0 amide bonds. The van der Waals surface area contributed by atoms with Gasteiger partial charge in [-0.1, -0.05) is 12.5 Å². The summed E-state index contributed by atoms with van der Waals surface area (Å²) in [4.78, 5) is 13.6. The summed E-state index contributed by atoms with van der Waals surface area (Å²) < 4.78 is 11.5. The minimum atomic E-state index is -1.02. The summed E-state index contributed by atoms with van der Waals surface area (Å²) in [6.45, 7) is 5.86. The van der Waals surface area contributed by atoms with Crippen molar-refractivity contribution in [2.24, 2.45) is 11.8 Å². The molecular formula is C24H34O6S. The lowest BCUT2D eigenvalue weighted by Crippen LogP contribution is -2.50. The molecule has 2 aliphatic heterocycles. The van der Waals surface area contributed by atoms with Crippen LogP contribution in [0.5, 0.6) is 0 Å². The number of aliphatic hydroxyl groups excluding tert-OH is 3. The molecule has 0 radical (unpaired) electrons.